The zero-order valence-electron chi connectivity index (χ0n) is 9.14. The number of aliphatic hydroxyl groups excluding tert-OH is 1. The SMILES string of the molecule is CN(C(=O)c1cnccn1)C(C)(C)CO. The highest BCUT2D eigenvalue weighted by Gasteiger charge is 2.28. The lowest BCUT2D eigenvalue weighted by Crippen LogP contribution is -2.47. The smallest absolute Gasteiger partial charge is 0.274 e. The molecule has 0 spiro atoms. The highest BCUT2D eigenvalue weighted by Crippen LogP contribution is 2.13. The number of hydrogen-bond acceptors (Lipinski definition) is 4. The highest BCUT2D eigenvalue weighted by atomic mass is 16.3. The molecule has 0 fully saturated rings. The Kier molecular flexibility index (Phi) is 3.36. The Bertz CT molecular complexity index is 338. The molecule has 0 unspecified atom stereocenters. The molecule has 1 N–H and O–H groups in total. The Morgan fingerprint density at radius 2 is 2.20 bits per heavy atom. The first-order chi connectivity index (χ1) is 6.99. The van der Waals surface area contributed by atoms with Crippen LogP contribution in [-0.4, -0.2) is 45.1 Å². The molecule has 5 nitrogen and oxygen atoms in total. The van der Waals surface area contributed by atoms with Crippen molar-refractivity contribution < 1.29 is 9.90 Å². The molecule has 15 heavy (non-hydrogen) atoms. The molecule has 1 aromatic heterocycles. The third-order valence-electron chi connectivity index (χ3n) is 2.38. The maximum atomic E-state index is 11.9. The second-order valence-electron chi connectivity index (χ2n) is 3.93. The van der Waals surface area contributed by atoms with Gasteiger partial charge in [0, 0.05) is 19.4 Å². The summed E-state index contributed by atoms with van der Waals surface area (Å²) in [7, 11) is 1.63. The number of carbonyl (C=O) groups excluding carboxylic acids is 1. The number of nitrogens with zero attached hydrogens (tertiary/aromatic N) is 3. The summed E-state index contributed by atoms with van der Waals surface area (Å²) >= 11 is 0. The molecule has 0 radical (unpaired) electrons. The number of rotatable bonds is 3. The number of carbonyl (C=O) groups is 1. The van der Waals surface area contributed by atoms with E-state index in [2.05, 4.69) is 9.97 Å². The van der Waals surface area contributed by atoms with E-state index in [1.165, 1.54) is 23.5 Å². The summed E-state index contributed by atoms with van der Waals surface area (Å²) in [6.07, 6.45) is 4.38. The van der Waals surface area contributed by atoms with Gasteiger partial charge < -0.3 is 10.0 Å². The minimum Gasteiger partial charge on any atom is -0.394 e. The lowest BCUT2D eigenvalue weighted by Gasteiger charge is -2.33. The fraction of sp³-hybridized carbons (Fsp3) is 0.500. The molecule has 1 heterocycles. The van der Waals surface area contributed by atoms with E-state index >= 15 is 0 Å². The summed E-state index contributed by atoms with van der Waals surface area (Å²) in [5.74, 6) is -0.248. The average molecular weight is 209 g/mol. The minimum absolute atomic E-state index is 0.102. The zero-order chi connectivity index (χ0) is 11.5. The predicted octanol–water partition coefficient (Wildman–Crippen LogP) is 0.319. The molecule has 0 aromatic carbocycles. The van der Waals surface area contributed by atoms with Gasteiger partial charge in [0.05, 0.1) is 18.3 Å². The quantitative estimate of drug-likeness (QED) is 0.778. The summed E-state index contributed by atoms with van der Waals surface area (Å²) in [6.45, 7) is 3.46. The molecule has 0 aliphatic carbocycles. The van der Waals surface area contributed by atoms with Gasteiger partial charge in [-0.05, 0) is 13.8 Å². The monoisotopic (exact) mass is 209 g/mol. The van der Waals surface area contributed by atoms with Crippen molar-refractivity contribution in [2.24, 2.45) is 0 Å². The van der Waals surface area contributed by atoms with Crippen molar-refractivity contribution in [1.82, 2.24) is 14.9 Å². The van der Waals surface area contributed by atoms with E-state index in [0.29, 0.717) is 0 Å². The van der Waals surface area contributed by atoms with E-state index in [1.807, 2.05) is 0 Å². The molecule has 82 valence electrons. The Morgan fingerprint density at radius 1 is 1.53 bits per heavy atom. The van der Waals surface area contributed by atoms with E-state index in [1.54, 1.807) is 20.9 Å². The molecule has 0 aliphatic heterocycles. The first-order valence-electron chi connectivity index (χ1n) is 4.64. The van der Waals surface area contributed by atoms with Gasteiger partial charge in [-0.3, -0.25) is 9.78 Å². The van der Waals surface area contributed by atoms with Crippen molar-refractivity contribution in [3.05, 3.63) is 24.3 Å². The van der Waals surface area contributed by atoms with Gasteiger partial charge in [-0.2, -0.15) is 0 Å². The second kappa shape index (κ2) is 4.35. The normalized spacial score (nSPS) is 11.2. The molecule has 0 aliphatic rings. The molecular weight excluding hydrogens is 194 g/mol. The van der Waals surface area contributed by atoms with Gasteiger partial charge in [-0.1, -0.05) is 0 Å². The van der Waals surface area contributed by atoms with Gasteiger partial charge in [0.2, 0.25) is 0 Å². The molecule has 1 amide bonds. The number of aromatic nitrogens is 2. The van der Waals surface area contributed by atoms with Crippen LogP contribution in [0.2, 0.25) is 0 Å². The molecule has 1 aromatic rings. The molecule has 0 saturated heterocycles. The third kappa shape index (κ3) is 2.50. The van der Waals surface area contributed by atoms with Crippen molar-refractivity contribution >= 4 is 5.91 Å². The van der Waals surface area contributed by atoms with E-state index in [9.17, 15) is 4.79 Å². The van der Waals surface area contributed by atoms with Gasteiger partial charge in [0.25, 0.3) is 5.91 Å². The van der Waals surface area contributed by atoms with Crippen molar-refractivity contribution in [2.45, 2.75) is 19.4 Å². The molecular formula is C10H15N3O2. The Labute approximate surface area is 88.8 Å². The predicted molar refractivity (Wildman–Crippen MR) is 55.3 cm³/mol. The molecule has 5 heteroatoms. The second-order valence-corrected chi connectivity index (χ2v) is 3.93. The fourth-order valence-electron chi connectivity index (χ4n) is 0.962. The highest BCUT2D eigenvalue weighted by molar-refractivity contribution is 5.92. The summed E-state index contributed by atoms with van der Waals surface area (Å²) in [4.78, 5) is 21.1. The van der Waals surface area contributed by atoms with Crippen LogP contribution in [0.1, 0.15) is 24.3 Å². The van der Waals surface area contributed by atoms with E-state index in [0.717, 1.165) is 0 Å². The van der Waals surface area contributed by atoms with Crippen LogP contribution in [0.4, 0.5) is 0 Å². The van der Waals surface area contributed by atoms with Crippen LogP contribution < -0.4 is 0 Å². The molecule has 1 rings (SSSR count). The number of hydrogen-bond donors (Lipinski definition) is 1. The van der Waals surface area contributed by atoms with Crippen LogP contribution in [0.25, 0.3) is 0 Å². The summed E-state index contributed by atoms with van der Waals surface area (Å²) in [5, 5.41) is 9.13. The van der Waals surface area contributed by atoms with E-state index in [-0.39, 0.29) is 18.2 Å². The van der Waals surface area contributed by atoms with Crippen LogP contribution >= 0.6 is 0 Å². The fourth-order valence-corrected chi connectivity index (χ4v) is 0.962. The maximum Gasteiger partial charge on any atom is 0.274 e. The Morgan fingerprint density at radius 3 is 2.67 bits per heavy atom. The molecule has 0 bridgehead atoms. The number of aliphatic hydroxyl groups is 1. The van der Waals surface area contributed by atoms with Crippen molar-refractivity contribution in [3.8, 4) is 0 Å². The standard InChI is InChI=1S/C10H15N3O2/c1-10(2,7-14)13(3)9(15)8-6-11-4-5-12-8/h4-6,14H,7H2,1-3H3. The average Bonchev–Trinajstić information content (AvgIpc) is 2.28. The van der Waals surface area contributed by atoms with Crippen molar-refractivity contribution in [3.63, 3.8) is 0 Å². The first kappa shape index (κ1) is 11.6. The lowest BCUT2D eigenvalue weighted by atomic mass is 10.0. The van der Waals surface area contributed by atoms with E-state index in [4.69, 9.17) is 5.11 Å². The van der Waals surface area contributed by atoms with E-state index < -0.39 is 5.54 Å². The summed E-state index contributed by atoms with van der Waals surface area (Å²) in [6, 6.07) is 0. The first-order valence-corrected chi connectivity index (χ1v) is 4.64. The van der Waals surface area contributed by atoms with Crippen LogP contribution in [-0.2, 0) is 0 Å². The van der Waals surface area contributed by atoms with Crippen LogP contribution in [0, 0.1) is 0 Å². The summed E-state index contributed by atoms with van der Waals surface area (Å²) in [5.41, 5.74) is -0.323. The third-order valence-corrected chi connectivity index (χ3v) is 2.38. The van der Waals surface area contributed by atoms with Crippen molar-refractivity contribution in [1.29, 1.82) is 0 Å². The molecule has 0 atom stereocenters. The Balaban J connectivity index is 2.87. The van der Waals surface area contributed by atoms with Crippen molar-refractivity contribution in [2.75, 3.05) is 13.7 Å². The maximum absolute atomic E-state index is 11.9. The number of likely N-dealkylation sites (N-methyl/N-ethyl adjacent to an activating group) is 1. The zero-order valence-corrected chi connectivity index (χ0v) is 9.14. The van der Waals surface area contributed by atoms with Gasteiger partial charge >= 0.3 is 0 Å². The van der Waals surface area contributed by atoms with Gasteiger partial charge in [-0.25, -0.2) is 4.98 Å². The van der Waals surface area contributed by atoms with Crippen LogP contribution in [0.3, 0.4) is 0 Å². The Hall–Kier alpha value is -1.49. The lowest BCUT2D eigenvalue weighted by molar-refractivity contribution is 0.0467. The van der Waals surface area contributed by atoms with Gasteiger partial charge in [-0.15, -0.1) is 0 Å². The largest absolute Gasteiger partial charge is 0.394 e. The molecule has 0 saturated carbocycles. The minimum atomic E-state index is -0.603. The van der Waals surface area contributed by atoms with Gasteiger partial charge in [0.15, 0.2) is 0 Å². The van der Waals surface area contributed by atoms with Gasteiger partial charge in [0.1, 0.15) is 5.69 Å². The topological polar surface area (TPSA) is 66.3 Å². The number of amides is 1. The van der Waals surface area contributed by atoms with Crippen LogP contribution in [0.5, 0.6) is 0 Å². The van der Waals surface area contributed by atoms with Crippen LogP contribution in [0.15, 0.2) is 18.6 Å². The summed E-state index contributed by atoms with van der Waals surface area (Å²) < 4.78 is 0.